The highest BCUT2D eigenvalue weighted by molar-refractivity contribution is 5.68. The molecule has 3 atom stereocenters. The van der Waals surface area contributed by atoms with Crippen LogP contribution >= 0.6 is 0 Å². The highest BCUT2D eigenvalue weighted by Gasteiger charge is 2.40. The van der Waals surface area contributed by atoms with Gasteiger partial charge in [-0.05, 0) is 53.4 Å². The van der Waals surface area contributed by atoms with E-state index in [-0.39, 0.29) is 25.6 Å². The molecule has 0 radical (unpaired) electrons. The van der Waals surface area contributed by atoms with E-state index < -0.39 is 18.3 Å². The Balaban J connectivity index is 1.18. The molecule has 1 aromatic heterocycles. The van der Waals surface area contributed by atoms with Crippen LogP contribution in [0.1, 0.15) is 29.0 Å². The second-order valence-corrected chi connectivity index (χ2v) is 11.7. The zero-order valence-electron chi connectivity index (χ0n) is 26.6. The molecule has 3 aromatic carbocycles. The Morgan fingerprint density at radius 2 is 1.79 bits per heavy atom. The van der Waals surface area contributed by atoms with Crippen LogP contribution in [0, 0.1) is 0 Å². The number of fused-ring (bicyclic) bond motifs is 1. The number of pyridine rings is 1. The first-order valence-corrected chi connectivity index (χ1v) is 16.0. The summed E-state index contributed by atoms with van der Waals surface area (Å²) >= 11 is 0. The van der Waals surface area contributed by atoms with E-state index in [0.29, 0.717) is 31.5 Å². The zero-order chi connectivity index (χ0) is 32.4. The number of carbonyl (C=O) groups is 1. The van der Waals surface area contributed by atoms with Gasteiger partial charge in [-0.15, -0.1) is 0 Å². The molecule has 1 N–H and O–H groups in total. The van der Waals surface area contributed by atoms with Gasteiger partial charge in [-0.2, -0.15) is 0 Å². The number of piperidine rings is 1. The van der Waals surface area contributed by atoms with E-state index >= 15 is 0 Å². The number of likely N-dealkylation sites (tertiary alicyclic amines) is 1. The third-order valence-electron chi connectivity index (χ3n) is 8.43. The van der Waals surface area contributed by atoms with Crippen molar-refractivity contribution in [3.63, 3.8) is 0 Å². The van der Waals surface area contributed by atoms with Crippen LogP contribution < -0.4 is 14.4 Å². The Bertz CT molecular complexity index is 1570. The standard InChI is InChI=1S/C37H41N3O7/c1-43-20-7-18-39-19-21-44-33-16-11-28(22-31(33)39)26-45-34-24-40(37(42)46-25-27-8-3-2-4-9-27)23-32(41)36(34)29-12-14-30(15-13-29)47-35-10-5-6-17-38-35/h2-6,8-17,22,32,34,36,41H,7,18-21,23-26H2,1H3. The number of carbonyl (C=O) groups excluding carboxylic acids is 1. The molecule has 2 aliphatic rings. The van der Waals surface area contributed by atoms with E-state index in [1.807, 2.05) is 78.9 Å². The number of hydrogen-bond acceptors (Lipinski definition) is 9. The van der Waals surface area contributed by atoms with Crippen LogP contribution in [0.15, 0.2) is 97.2 Å². The summed E-state index contributed by atoms with van der Waals surface area (Å²) in [6, 6.07) is 28.7. The number of benzene rings is 3. The Kier molecular flexibility index (Phi) is 10.8. The maximum Gasteiger partial charge on any atom is 0.410 e. The molecule has 0 spiro atoms. The van der Waals surface area contributed by atoms with Gasteiger partial charge in [0, 0.05) is 38.4 Å². The summed E-state index contributed by atoms with van der Waals surface area (Å²) in [5.41, 5.74) is 3.78. The van der Waals surface area contributed by atoms with E-state index in [1.54, 1.807) is 19.4 Å². The molecule has 0 aliphatic carbocycles. The molecule has 0 bridgehead atoms. The maximum absolute atomic E-state index is 13.2. The van der Waals surface area contributed by atoms with E-state index in [2.05, 4.69) is 16.0 Å². The van der Waals surface area contributed by atoms with Gasteiger partial charge in [0.1, 0.15) is 24.7 Å². The van der Waals surface area contributed by atoms with Crippen molar-refractivity contribution in [2.45, 2.75) is 37.8 Å². The Morgan fingerprint density at radius 1 is 0.957 bits per heavy atom. The van der Waals surface area contributed by atoms with Gasteiger partial charge in [0.2, 0.25) is 5.88 Å². The summed E-state index contributed by atoms with van der Waals surface area (Å²) in [6.07, 6.45) is 0.719. The molecule has 10 nitrogen and oxygen atoms in total. The van der Waals surface area contributed by atoms with Crippen LogP contribution in [0.4, 0.5) is 10.5 Å². The summed E-state index contributed by atoms with van der Waals surface area (Å²) in [4.78, 5) is 21.3. The largest absolute Gasteiger partial charge is 0.490 e. The molecule has 10 heteroatoms. The maximum atomic E-state index is 13.2. The van der Waals surface area contributed by atoms with Crippen molar-refractivity contribution in [2.75, 3.05) is 51.4 Å². The van der Waals surface area contributed by atoms with Crippen LogP contribution in [0.5, 0.6) is 17.4 Å². The van der Waals surface area contributed by atoms with Crippen molar-refractivity contribution < 1.29 is 33.6 Å². The molecule has 1 saturated heterocycles. The minimum Gasteiger partial charge on any atom is -0.490 e. The van der Waals surface area contributed by atoms with Crippen LogP contribution in [0.3, 0.4) is 0 Å². The number of amides is 1. The number of β-amino-alcohol motifs (C(OH)–C–C–N with tert-alkyl or cyclic N) is 1. The molecule has 2 aliphatic heterocycles. The van der Waals surface area contributed by atoms with Crippen molar-refractivity contribution in [1.82, 2.24) is 9.88 Å². The summed E-state index contributed by atoms with van der Waals surface area (Å²) in [5, 5.41) is 11.5. The second-order valence-electron chi connectivity index (χ2n) is 11.7. The fraction of sp³-hybridized carbons (Fsp3) is 0.351. The molecular formula is C37H41N3O7. The molecule has 47 heavy (non-hydrogen) atoms. The monoisotopic (exact) mass is 639 g/mol. The number of methoxy groups -OCH3 is 1. The van der Waals surface area contributed by atoms with E-state index in [0.717, 1.165) is 47.6 Å². The minimum absolute atomic E-state index is 0.122. The van der Waals surface area contributed by atoms with Crippen molar-refractivity contribution in [2.24, 2.45) is 0 Å². The van der Waals surface area contributed by atoms with Crippen LogP contribution in [-0.2, 0) is 27.4 Å². The topological polar surface area (TPSA) is 103 Å². The molecule has 1 fully saturated rings. The second kappa shape index (κ2) is 15.8. The lowest BCUT2D eigenvalue weighted by atomic mass is 9.84. The van der Waals surface area contributed by atoms with Crippen LogP contribution in [0.25, 0.3) is 0 Å². The molecule has 4 aromatic rings. The number of hydrogen-bond donors (Lipinski definition) is 1. The summed E-state index contributed by atoms with van der Waals surface area (Å²) in [7, 11) is 1.71. The lowest BCUT2D eigenvalue weighted by Crippen LogP contribution is -2.53. The fourth-order valence-corrected chi connectivity index (χ4v) is 6.08. The van der Waals surface area contributed by atoms with Crippen molar-refractivity contribution in [3.05, 3.63) is 114 Å². The van der Waals surface area contributed by atoms with Crippen LogP contribution in [0.2, 0.25) is 0 Å². The number of nitrogens with zero attached hydrogens (tertiary/aromatic N) is 3. The molecule has 6 rings (SSSR count). The van der Waals surface area contributed by atoms with Gasteiger partial charge in [0.05, 0.1) is 44.1 Å². The molecule has 3 unspecified atom stereocenters. The lowest BCUT2D eigenvalue weighted by molar-refractivity contribution is -0.0692. The van der Waals surface area contributed by atoms with E-state index in [9.17, 15) is 9.90 Å². The average Bonchev–Trinajstić information content (AvgIpc) is 3.11. The van der Waals surface area contributed by atoms with Crippen molar-refractivity contribution in [1.29, 1.82) is 0 Å². The molecular weight excluding hydrogens is 598 g/mol. The summed E-state index contributed by atoms with van der Waals surface area (Å²) < 4.78 is 29.3. The van der Waals surface area contributed by atoms with Gasteiger partial charge in [-0.1, -0.05) is 54.6 Å². The normalized spacial score (nSPS) is 19.1. The van der Waals surface area contributed by atoms with Gasteiger partial charge in [0.15, 0.2) is 0 Å². The Hall–Kier alpha value is -4.64. The third-order valence-corrected chi connectivity index (χ3v) is 8.43. The smallest absolute Gasteiger partial charge is 0.410 e. The number of anilines is 1. The number of aliphatic hydroxyl groups excluding tert-OH is 1. The highest BCUT2D eigenvalue weighted by Crippen LogP contribution is 2.36. The van der Waals surface area contributed by atoms with E-state index in [4.69, 9.17) is 23.7 Å². The highest BCUT2D eigenvalue weighted by atomic mass is 16.6. The SMILES string of the molecule is COCCCN1CCOc2ccc(COC3CN(C(=O)OCc4ccccc4)CC(O)C3c3ccc(Oc4ccccn4)cc3)cc21. The fourth-order valence-electron chi connectivity index (χ4n) is 6.08. The number of aromatic nitrogens is 1. The number of ether oxygens (including phenoxy) is 5. The van der Waals surface area contributed by atoms with E-state index in [1.165, 1.54) is 4.90 Å². The quantitative estimate of drug-likeness (QED) is 0.193. The van der Waals surface area contributed by atoms with Gasteiger partial charge >= 0.3 is 6.09 Å². The predicted octanol–water partition coefficient (Wildman–Crippen LogP) is 5.79. The number of rotatable bonds is 12. The minimum atomic E-state index is -0.881. The van der Waals surface area contributed by atoms with Crippen molar-refractivity contribution >= 4 is 11.8 Å². The first-order chi connectivity index (χ1) is 23.1. The average molecular weight is 640 g/mol. The molecule has 246 valence electrons. The Labute approximate surface area is 275 Å². The first kappa shape index (κ1) is 32.3. The molecule has 3 heterocycles. The van der Waals surface area contributed by atoms with Gasteiger partial charge < -0.3 is 38.6 Å². The Morgan fingerprint density at radius 3 is 2.57 bits per heavy atom. The van der Waals surface area contributed by atoms with Crippen molar-refractivity contribution in [3.8, 4) is 17.4 Å². The lowest BCUT2D eigenvalue weighted by Gasteiger charge is -2.41. The summed E-state index contributed by atoms with van der Waals surface area (Å²) in [6.45, 7) is 3.83. The molecule has 1 amide bonds. The van der Waals surface area contributed by atoms with Gasteiger partial charge in [0.25, 0.3) is 0 Å². The summed E-state index contributed by atoms with van der Waals surface area (Å²) in [5.74, 6) is 1.59. The number of aliphatic hydroxyl groups is 1. The third kappa shape index (κ3) is 8.40. The van der Waals surface area contributed by atoms with Crippen LogP contribution in [-0.4, -0.2) is 79.8 Å². The first-order valence-electron chi connectivity index (χ1n) is 16.0. The molecule has 0 saturated carbocycles. The van der Waals surface area contributed by atoms with Gasteiger partial charge in [-0.25, -0.2) is 9.78 Å². The zero-order valence-corrected chi connectivity index (χ0v) is 26.6. The predicted molar refractivity (Wildman–Crippen MR) is 177 cm³/mol. The van der Waals surface area contributed by atoms with Gasteiger partial charge in [-0.3, -0.25) is 0 Å².